The quantitative estimate of drug-likeness (QED) is 0.802. The first-order valence-corrected chi connectivity index (χ1v) is 8.34. The van der Waals surface area contributed by atoms with Gasteiger partial charge in [0.15, 0.2) is 9.84 Å². The van der Waals surface area contributed by atoms with Crippen molar-refractivity contribution < 1.29 is 23.1 Å². The van der Waals surface area contributed by atoms with Gasteiger partial charge in [0.25, 0.3) is 0 Å². The molecule has 1 atom stereocenters. The Hall–Kier alpha value is -1.11. The van der Waals surface area contributed by atoms with E-state index in [0.29, 0.717) is 25.8 Å². The number of carbonyl (C=O) groups is 2. The van der Waals surface area contributed by atoms with E-state index in [1.165, 1.54) is 4.90 Å². The molecule has 1 saturated carbocycles. The SMILES string of the molecule is O=C(O)[C@@H]1CCN(C(=O)CS(=O)(=O)C2CCCC2)C1. The molecule has 108 valence electrons. The minimum Gasteiger partial charge on any atom is -0.481 e. The summed E-state index contributed by atoms with van der Waals surface area (Å²) in [5.41, 5.74) is 0. The van der Waals surface area contributed by atoms with E-state index in [0.717, 1.165) is 12.8 Å². The van der Waals surface area contributed by atoms with Gasteiger partial charge in [-0.3, -0.25) is 9.59 Å². The van der Waals surface area contributed by atoms with Crippen molar-refractivity contribution in [3.8, 4) is 0 Å². The maximum Gasteiger partial charge on any atom is 0.308 e. The summed E-state index contributed by atoms with van der Waals surface area (Å²) in [6.45, 7) is 0.477. The number of hydrogen-bond donors (Lipinski definition) is 1. The molecule has 1 amide bonds. The molecule has 2 aliphatic rings. The molecule has 0 aromatic rings. The third kappa shape index (κ3) is 3.26. The van der Waals surface area contributed by atoms with Crippen molar-refractivity contribution in [2.24, 2.45) is 5.92 Å². The molecule has 1 saturated heterocycles. The number of carboxylic acids is 1. The minimum atomic E-state index is -3.37. The Morgan fingerprint density at radius 3 is 2.32 bits per heavy atom. The van der Waals surface area contributed by atoms with Gasteiger partial charge in [-0.25, -0.2) is 8.42 Å². The Balaban J connectivity index is 1.92. The van der Waals surface area contributed by atoms with E-state index in [2.05, 4.69) is 0 Å². The third-order valence-electron chi connectivity index (χ3n) is 4.02. The van der Waals surface area contributed by atoms with Gasteiger partial charge >= 0.3 is 5.97 Å². The van der Waals surface area contributed by atoms with Crippen LogP contribution in [0.25, 0.3) is 0 Å². The average Bonchev–Trinajstić information content (AvgIpc) is 3.00. The minimum absolute atomic E-state index is 0.133. The molecule has 6 nitrogen and oxygen atoms in total. The van der Waals surface area contributed by atoms with Crippen LogP contribution in [0.15, 0.2) is 0 Å². The predicted octanol–water partition coefficient (Wildman–Crippen LogP) is 0.277. The van der Waals surface area contributed by atoms with E-state index in [1.807, 2.05) is 0 Å². The van der Waals surface area contributed by atoms with Gasteiger partial charge in [0.2, 0.25) is 5.91 Å². The average molecular weight is 289 g/mol. The lowest BCUT2D eigenvalue weighted by Gasteiger charge is -2.17. The molecule has 0 aromatic carbocycles. The van der Waals surface area contributed by atoms with Gasteiger partial charge in [-0.05, 0) is 19.3 Å². The first-order valence-electron chi connectivity index (χ1n) is 6.62. The standard InChI is InChI=1S/C12H19NO5S/c14-11(13-6-5-9(7-13)12(15)16)8-19(17,18)10-3-1-2-4-10/h9-10H,1-8H2,(H,15,16)/t9-/m1/s1. The molecule has 1 N–H and O–H groups in total. The summed E-state index contributed by atoms with van der Waals surface area (Å²) in [4.78, 5) is 24.1. The maximum absolute atomic E-state index is 12.1. The van der Waals surface area contributed by atoms with E-state index < -0.39 is 33.4 Å². The fourth-order valence-electron chi connectivity index (χ4n) is 2.82. The molecule has 0 spiro atoms. The van der Waals surface area contributed by atoms with Crippen LogP contribution in [-0.4, -0.2) is 54.4 Å². The van der Waals surface area contributed by atoms with Crippen LogP contribution in [0.2, 0.25) is 0 Å². The third-order valence-corrected chi connectivity index (χ3v) is 6.16. The Morgan fingerprint density at radius 2 is 1.79 bits per heavy atom. The molecular formula is C12H19NO5S. The van der Waals surface area contributed by atoms with E-state index in [9.17, 15) is 18.0 Å². The number of nitrogens with zero attached hydrogens (tertiary/aromatic N) is 1. The predicted molar refractivity (Wildman–Crippen MR) is 68.4 cm³/mol. The number of rotatable bonds is 4. The van der Waals surface area contributed by atoms with Crippen LogP contribution in [-0.2, 0) is 19.4 Å². The van der Waals surface area contributed by atoms with Crippen LogP contribution in [0.4, 0.5) is 0 Å². The van der Waals surface area contributed by atoms with Crippen molar-refractivity contribution >= 4 is 21.7 Å². The second-order valence-electron chi connectivity index (χ2n) is 5.38. The lowest BCUT2D eigenvalue weighted by molar-refractivity contribution is -0.141. The molecule has 19 heavy (non-hydrogen) atoms. The highest BCUT2D eigenvalue weighted by Gasteiger charge is 2.35. The van der Waals surface area contributed by atoms with E-state index in [-0.39, 0.29) is 11.8 Å². The summed E-state index contributed by atoms with van der Waals surface area (Å²) in [5.74, 6) is -2.40. The van der Waals surface area contributed by atoms with Crippen molar-refractivity contribution in [3.05, 3.63) is 0 Å². The van der Waals surface area contributed by atoms with Crippen LogP contribution >= 0.6 is 0 Å². The molecule has 1 aliphatic carbocycles. The first kappa shape index (κ1) is 14.3. The Bertz CT molecular complexity index is 467. The van der Waals surface area contributed by atoms with Crippen LogP contribution in [0.1, 0.15) is 32.1 Å². The van der Waals surface area contributed by atoms with Gasteiger partial charge in [-0.15, -0.1) is 0 Å². The van der Waals surface area contributed by atoms with E-state index >= 15 is 0 Å². The lowest BCUT2D eigenvalue weighted by atomic mass is 10.1. The largest absolute Gasteiger partial charge is 0.481 e. The van der Waals surface area contributed by atoms with Gasteiger partial charge in [-0.1, -0.05) is 12.8 Å². The zero-order valence-electron chi connectivity index (χ0n) is 10.7. The Labute approximate surface area is 112 Å². The summed E-state index contributed by atoms with van der Waals surface area (Å²) in [5, 5.41) is 8.48. The van der Waals surface area contributed by atoms with Crippen molar-refractivity contribution in [1.29, 1.82) is 0 Å². The monoisotopic (exact) mass is 289 g/mol. The number of likely N-dealkylation sites (tertiary alicyclic amines) is 1. The number of carboxylic acid groups (broad SMARTS) is 1. The molecule has 1 aliphatic heterocycles. The van der Waals surface area contributed by atoms with Gasteiger partial charge < -0.3 is 10.0 Å². The molecule has 0 aromatic heterocycles. The summed E-state index contributed by atoms with van der Waals surface area (Å²) in [6, 6.07) is 0. The smallest absolute Gasteiger partial charge is 0.308 e. The van der Waals surface area contributed by atoms with Crippen LogP contribution in [0, 0.1) is 5.92 Å². The maximum atomic E-state index is 12.1. The number of sulfone groups is 1. The topological polar surface area (TPSA) is 91.8 Å². The molecule has 0 radical (unpaired) electrons. The van der Waals surface area contributed by atoms with E-state index in [1.54, 1.807) is 0 Å². The summed E-state index contributed by atoms with van der Waals surface area (Å²) < 4.78 is 24.1. The second-order valence-corrected chi connectivity index (χ2v) is 7.66. The summed E-state index contributed by atoms with van der Waals surface area (Å²) in [6.07, 6.45) is 3.51. The summed E-state index contributed by atoms with van der Waals surface area (Å²) >= 11 is 0. The fraction of sp³-hybridized carbons (Fsp3) is 0.833. The molecule has 1 heterocycles. The van der Waals surface area contributed by atoms with Gasteiger partial charge in [0.1, 0.15) is 5.75 Å². The summed E-state index contributed by atoms with van der Waals surface area (Å²) in [7, 11) is -3.37. The van der Waals surface area contributed by atoms with Crippen molar-refractivity contribution in [3.63, 3.8) is 0 Å². The van der Waals surface area contributed by atoms with Crippen LogP contribution < -0.4 is 0 Å². The fourth-order valence-corrected chi connectivity index (χ4v) is 4.63. The number of aliphatic carboxylic acids is 1. The molecule has 0 unspecified atom stereocenters. The number of amides is 1. The van der Waals surface area contributed by atoms with E-state index in [4.69, 9.17) is 5.11 Å². The molecule has 0 bridgehead atoms. The van der Waals surface area contributed by atoms with Gasteiger partial charge in [0.05, 0.1) is 11.2 Å². The molecular weight excluding hydrogens is 270 g/mol. The van der Waals surface area contributed by atoms with Gasteiger partial charge in [0, 0.05) is 13.1 Å². The Kier molecular flexibility index (Phi) is 4.13. The highest BCUT2D eigenvalue weighted by atomic mass is 32.2. The highest BCUT2D eigenvalue weighted by Crippen LogP contribution is 2.26. The van der Waals surface area contributed by atoms with Crippen molar-refractivity contribution in [2.45, 2.75) is 37.4 Å². The molecule has 7 heteroatoms. The van der Waals surface area contributed by atoms with Gasteiger partial charge in [-0.2, -0.15) is 0 Å². The molecule has 2 rings (SSSR count). The first-order chi connectivity index (χ1) is 8.90. The zero-order valence-corrected chi connectivity index (χ0v) is 11.6. The van der Waals surface area contributed by atoms with Crippen molar-refractivity contribution in [2.75, 3.05) is 18.8 Å². The number of carbonyl (C=O) groups excluding carboxylic acids is 1. The lowest BCUT2D eigenvalue weighted by Crippen LogP contribution is -2.37. The van der Waals surface area contributed by atoms with Crippen LogP contribution in [0.3, 0.4) is 0 Å². The second kappa shape index (κ2) is 5.48. The number of hydrogen-bond acceptors (Lipinski definition) is 4. The Morgan fingerprint density at radius 1 is 1.16 bits per heavy atom. The van der Waals surface area contributed by atoms with Crippen LogP contribution in [0.5, 0.6) is 0 Å². The normalized spacial score (nSPS) is 24.8. The highest BCUT2D eigenvalue weighted by molar-refractivity contribution is 7.92. The molecule has 2 fully saturated rings. The van der Waals surface area contributed by atoms with Crippen molar-refractivity contribution in [1.82, 2.24) is 4.90 Å². The zero-order chi connectivity index (χ0) is 14.0.